The second kappa shape index (κ2) is 5.37. The minimum absolute atomic E-state index is 0.127. The molecule has 19 heavy (non-hydrogen) atoms. The fourth-order valence-corrected chi connectivity index (χ4v) is 0.947. The van der Waals surface area contributed by atoms with Gasteiger partial charge in [-0.1, -0.05) is 0 Å². The molecule has 1 rings (SSSR count). The van der Waals surface area contributed by atoms with Crippen molar-refractivity contribution in [1.82, 2.24) is 4.98 Å². The first-order valence-corrected chi connectivity index (χ1v) is 4.79. The van der Waals surface area contributed by atoms with E-state index >= 15 is 0 Å². The molecule has 0 amide bonds. The van der Waals surface area contributed by atoms with E-state index in [1.54, 1.807) is 0 Å². The highest BCUT2D eigenvalue weighted by Crippen LogP contribution is 2.35. The third-order valence-corrected chi connectivity index (χ3v) is 1.97. The number of pyridine rings is 1. The number of aromatic nitrogens is 1. The summed E-state index contributed by atoms with van der Waals surface area (Å²) < 4.78 is 69.2. The van der Waals surface area contributed by atoms with Crippen molar-refractivity contribution in [1.29, 1.82) is 0 Å². The summed E-state index contributed by atoms with van der Waals surface area (Å²) in [4.78, 5) is 14.5. The van der Waals surface area contributed by atoms with Crippen LogP contribution in [-0.4, -0.2) is 36.8 Å². The molecule has 0 aliphatic rings. The molecule has 0 N–H and O–H groups in total. The Labute approximate surface area is 104 Å². The van der Waals surface area contributed by atoms with Gasteiger partial charge in [0.2, 0.25) is 0 Å². The Kier molecular flexibility index (Phi) is 4.28. The molecule has 1 aromatic heterocycles. The number of methoxy groups -OCH3 is 1. The maximum atomic E-state index is 12.5. The molecule has 0 spiro atoms. The van der Waals surface area contributed by atoms with Crippen molar-refractivity contribution < 1.29 is 36.2 Å². The van der Waals surface area contributed by atoms with E-state index in [1.165, 1.54) is 0 Å². The van der Waals surface area contributed by atoms with Crippen molar-refractivity contribution in [3.63, 3.8) is 0 Å². The summed E-state index contributed by atoms with van der Waals surface area (Å²) in [5.41, 5.74) is -0.127. The number of ether oxygens (including phenoxy) is 2. The third kappa shape index (κ3) is 3.76. The van der Waals surface area contributed by atoms with Crippen LogP contribution in [0.25, 0.3) is 0 Å². The van der Waals surface area contributed by atoms with Crippen LogP contribution in [0, 0.1) is 0 Å². The van der Waals surface area contributed by atoms with Crippen LogP contribution in [0.1, 0.15) is 10.5 Å². The average Bonchev–Trinajstić information content (AvgIpc) is 2.35. The molecule has 0 radical (unpaired) electrons. The van der Waals surface area contributed by atoms with Gasteiger partial charge in [0.25, 0.3) is 0 Å². The zero-order chi connectivity index (χ0) is 14.7. The van der Waals surface area contributed by atoms with Gasteiger partial charge >= 0.3 is 18.1 Å². The number of hydrogen-bond acceptors (Lipinski definition) is 4. The monoisotopic (exact) mass is 285 g/mol. The van der Waals surface area contributed by atoms with Crippen LogP contribution in [0.5, 0.6) is 5.75 Å². The maximum Gasteiger partial charge on any atom is 0.456 e. The number of halogens is 5. The summed E-state index contributed by atoms with van der Waals surface area (Å²) >= 11 is 0. The molecule has 0 aliphatic heterocycles. The van der Waals surface area contributed by atoms with Crippen LogP contribution >= 0.6 is 0 Å². The molecule has 0 saturated heterocycles. The normalized spacial score (nSPS) is 12.1. The highest BCUT2D eigenvalue weighted by molar-refractivity contribution is 5.87. The first-order valence-electron chi connectivity index (χ1n) is 4.79. The summed E-state index contributed by atoms with van der Waals surface area (Å²) in [5.74, 6) is -6.06. The molecule has 1 aromatic rings. The van der Waals surface area contributed by atoms with Gasteiger partial charge in [0.1, 0.15) is 11.4 Å². The summed E-state index contributed by atoms with van der Waals surface area (Å²) in [6.07, 6.45) is -4.84. The Morgan fingerprint density at radius 1 is 1.26 bits per heavy atom. The second-order valence-corrected chi connectivity index (χ2v) is 3.36. The molecule has 0 aromatic carbocycles. The van der Waals surface area contributed by atoms with Crippen molar-refractivity contribution in [2.75, 3.05) is 13.7 Å². The Balaban J connectivity index is 2.67. The van der Waals surface area contributed by atoms with Crippen LogP contribution in [0.15, 0.2) is 18.3 Å². The highest BCUT2D eigenvalue weighted by atomic mass is 19.4. The predicted octanol–water partition coefficient (Wildman–Crippen LogP) is 2.44. The van der Waals surface area contributed by atoms with Crippen molar-refractivity contribution in [2.45, 2.75) is 12.1 Å². The number of carbonyl (C=O) groups excluding carboxylic acids is 1. The molecule has 0 saturated carbocycles. The first kappa shape index (κ1) is 15.1. The Bertz CT molecular complexity index is 443. The Morgan fingerprint density at radius 2 is 1.89 bits per heavy atom. The van der Waals surface area contributed by atoms with Gasteiger partial charge in [-0.05, 0) is 12.1 Å². The quantitative estimate of drug-likeness (QED) is 0.629. The minimum atomic E-state index is -5.69. The lowest BCUT2D eigenvalue weighted by atomic mass is 10.3. The lowest BCUT2D eigenvalue weighted by Crippen LogP contribution is -2.41. The van der Waals surface area contributed by atoms with Crippen LogP contribution in [0.3, 0.4) is 0 Å². The van der Waals surface area contributed by atoms with Gasteiger partial charge in [-0.3, -0.25) is 0 Å². The fourth-order valence-electron chi connectivity index (χ4n) is 0.947. The van der Waals surface area contributed by atoms with Crippen molar-refractivity contribution in [3.8, 4) is 5.75 Å². The molecule has 0 aliphatic carbocycles. The molecule has 0 unspecified atom stereocenters. The van der Waals surface area contributed by atoms with Crippen LogP contribution < -0.4 is 4.74 Å². The van der Waals surface area contributed by atoms with E-state index in [-0.39, 0.29) is 11.4 Å². The van der Waals surface area contributed by atoms with E-state index in [0.717, 1.165) is 25.4 Å². The molecule has 1 heterocycles. The molecule has 0 fully saturated rings. The summed E-state index contributed by atoms with van der Waals surface area (Å²) in [5, 5.41) is 0. The number of rotatable bonds is 4. The number of hydrogen-bond donors (Lipinski definition) is 0. The predicted molar refractivity (Wildman–Crippen MR) is 52.1 cm³/mol. The number of nitrogens with zero attached hydrogens (tertiary/aromatic N) is 1. The second-order valence-electron chi connectivity index (χ2n) is 3.36. The molecule has 106 valence electrons. The third-order valence-electron chi connectivity index (χ3n) is 1.97. The summed E-state index contributed by atoms with van der Waals surface area (Å²) in [6, 6.07) is 2.11. The number of esters is 1. The highest BCUT2D eigenvalue weighted by Gasteiger charge is 2.58. The first-order chi connectivity index (χ1) is 8.67. The fraction of sp³-hybridized carbons (Fsp3) is 0.400. The van der Waals surface area contributed by atoms with E-state index in [4.69, 9.17) is 0 Å². The summed E-state index contributed by atoms with van der Waals surface area (Å²) in [6.45, 7) is -1.87. The molecular formula is C10H8F5NO3. The van der Waals surface area contributed by atoms with Crippen molar-refractivity contribution in [3.05, 3.63) is 24.0 Å². The Morgan fingerprint density at radius 3 is 2.32 bits per heavy atom. The van der Waals surface area contributed by atoms with Gasteiger partial charge in [-0.2, -0.15) is 22.0 Å². The topological polar surface area (TPSA) is 48.4 Å². The smallest absolute Gasteiger partial charge is 0.456 e. The zero-order valence-corrected chi connectivity index (χ0v) is 9.50. The molecule has 4 nitrogen and oxygen atoms in total. The van der Waals surface area contributed by atoms with E-state index in [0.29, 0.717) is 0 Å². The van der Waals surface area contributed by atoms with Gasteiger partial charge in [-0.25, -0.2) is 9.78 Å². The maximum absolute atomic E-state index is 12.5. The zero-order valence-electron chi connectivity index (χ0n) is 9.50. The van der Waals surface area contributed by atoms with Crippen LogP contribution in [0.4, 0.5) is 22.0 Å². The SMILES string of the molecule is COC(=O)c1ccc(OCC(F)(F)C(F)(F)F)cn1. The van der Waals surface area contributed by atoms with Crippen molar-refractivity contribution >= 4 is 5.97 Å². The lowest BCUT2D eigenvalue weighted by molar-refractivity contribution is -0.290. The standard InChI is InChI=1S/C10H8F5NO3/c1-18-8(17)7-3-2-6(4-16-7)19-5-9(11,12)10(13,14)15/h2-4H,5H2,1H3. The van der Waals surface area contributed by atoms with Gasteiger partial charge in [0.15, 0.2) is 6.61 Å². The molecule has 0 atom stereocenters. The van der Waals surface area contributed by atoms with E-state index in [2.05, 4.69) is 14.5 Å². The summed E-state index contributed by atoms with van der Waals surface area (Å²) in [7, 11) is 1.11. The van der Waals surface area contributed by atoms with Gasteiger partial charge < -0.3 is 9.47 Å². The van der Waals surface area contributed by atoms with Crippen molar-refractivity contribution in [2.24, 2.45) is 0 Å². The van der Waals surface area contributed by atoms with Gasteiger partial charge in [0, 0.05) is 0 Å². The van der Waals surface area contributed by atoms with Gasteiger partial charge in [0.05, 0.1) is 13.3 Å². The molecule has 9 heteroatoms. The Hall–Kier alpha value is -1.93. The molecule has 0 bridgehead atoms. The largest absolute Gasteiger partial charge is 0.485 e. The minimum Gasteiger partial charge on any atom is -0.485 e. The van der Waals surface area contributed by atoms with E-state index in [1.807, 2.05) is 0 Å². The van der Waals surface area contributed by atoms with Gasteiger partial charge in [-0.15, -0.1) is 0 Å². The average molecular weight is 285 g/mol. The molecular weight excluding hydrogens is 277 g/mol. The van der Waals surface area contributed by atoms with E-state index < -0.39 is 24.7 Å². The number of alkyl halides is 5. The van der Waals surface area contributed by atoms with Crippen LogP contribution in [0.2, 0.25) is 0 Å². The van der Waals surface area contributed by atoms with Crippen LogP contribution in [-0.2, 0) is 4.74 Å². The number of carbonyl (C=O) groups is 1. The van der Waals surface area contributed by atoms with E-state index in [9.17, 15) is 26.7 Å². The lowest BCUT2D eigenvalue weighted by Gasteiger charge is -2.19.